The number of ketones is 1. The minimum Gasteiger partial charge on any atom is -0.494 e. The molecule has 1 atom stereocenters. The van der Waals surface area contributed by atoms with Crippen molar-refractivity contribution in [3.05, 3.63) is 29.3 Å². The molecule has 2 aliphatic rings. The van der Waals surface area contributed by atoms with Gasteiger partial charge in [-0.3, -0.25) is 4.79 Å². The van der Waals surface area contributed by atoms with Crippen LogP contribution in [0.3, 0.4) is 0 Å². The number of halogens is 1. The maximum Gasteiger partial charge on any atom is 0.132 e. The summed E-state index contributed by atoms with van der Waals surface area (Å²) in [5, 5.41) is 0.0239. The second-order valence-electron chi connectivity index (χ2n) is 6.15. The molecule has 1 aromatic rings. The molecular formula is C17H21ClO2. The number of hydrogen-bond acceptors (Lipinski definition) is 2. The van der Waals surface area contributed by atoms with Gasteiger partial charge in [-0.15, -0.1) is 11.6 Å². The van der Waals surface area contributed by atoms with E-state index < -0.39 is 0 Å². The Balaban J connectivity index is 1.83. The Labute approximate surface area is 125 Å². The topological polar surface area (TPSA) is 26.3 Å². The van der Waals surface area contributed by atoms with Crippen molar-refractivity contribution in [2.45, 2.75) is 50.8 Å². The fourth-order valence-corrected chi connectivity index (χ4v) is 4.03. The third kappa shape index (κ3) is 2.35. The monoisotopic (exact) mass is 292 g/mol. The average Bonchev–Trinajstić information content (AvgIpc) is 2.73. The van der Waals surface area contributed by atoms with E-state index in [4.69, 9.17) is 16.3 Å². The van der Waals surface area contributed by atoms with Crippen LogP contribution in [0, 0.1) is 5.41 Å². The zero-order chi connectivity index (χ0) is 14.2. The van der Waals surface area contributed by atoms with E-state index in [-0.39, 0.29) is 10.8 Å². The number of carbonyl (C=O) groups excluding carboxylic acids is 1. The van der Waals surface area contributed by atoms with E-state index in [2.05, 4.69) is 19.1 Å². The molecule has 0 heterocycles. The van der Waals surface area contributed by atoms with Crippen LogP contribution in [0.1, 0.15) is 55.5 Å². The zero-order valence-electron chi connectivity index (χ0n) is 12.0. The van der Waals surface area contributed by atoms with E-state index in [0.29, 0.717) is 18.6 Å². The second-order valence-corrected chi connectivity index (χ2v) is 6.59. The molecule has 1 unspecified atom stereocenters. The van der Waals surface area contributed by atoms with Crippen LogP contribution < -0.4 is 4.74 Å². The first kappa shape index (κ1) is 13.9. The molecule has 0 radical (unpaired) electrons. The number of fused-ring (bicyclic) bond motifs is 1. The lowest BCUT2D eigenvalue weighted by molar-refractivity contribution is -0.122. The minimum absolute atomic E-state index is 0.0239. The first-order chi connectivity index (χ1) is 9.64. The van der Waals surface area contributed by atoms with Crippen molar-refractivity contribution in [1.29, 1.82) is 0 Å². The molecule has 108 valence electrons. The molecule has 0 aromatic heterocycles. The van der Waals surface area contributed by atoms with E-state index in [0.717, 1.165) is 38.0 Å². The van der Waals surface area contributed by atoms with Gasteiger partial charge in [-0.2, -0.15) is 0 Å². The van der Waals surface area contributed by atoms with Gasteiger partial charge in [-0.25, -0.2) is 0 Å². The number of benzene rings is 1. The normalized spacial score (nSPS) is 23.9. The molecule has 1 fully saturated rings. The van der Waals surface area contributed by atoms with E-state index in [9.17, 15) is 4.79 Å². The predicted octanol–water partition coefficient (Wildman–Crippen LogP) is 4.44. The van der Waals surface area contributed by atoms with Gasteiger partial charge >= 0.3 is 0 Å². The summed E-state index contributed by atoms with van der Waals surface area (Å²) in [5.41, 5.74) is 2.65. The molecule has 2 aliphatic carbocycles. The van der Waals surface area contributed by atoms with Crippen molar-refractivity contribution < 1.29 is 9.53 Å². The Morgan fingerprint density at radius 2 is 2.10 bits per heavy atom. The summed E-state index contributed by atoms with van der Waals surface area (Å²) in [6.45, 7) is 2.84. The van der Waals surface area contributed by atoms with Gasteiger partial charge in [0.1, 0.15) is 11.5 Å². The molecule has 0 saturated heterocycles. The number of carbonyl (C=O) groups is 1. The summed E-state index contributed by atoms with van der Waals surface area (Å²) in [5.74, 6) is 1.31. The molecular weight excluding hydrogens is 272 g/mol. The van der Waals surface area contributed by atoms with Gasteiger partial charge < -0.3 is 4.74 Å². The molecule has 3 rings (SSSR count). The van der Waals surface area contributed by atoms with Crippen LogP contribution in [0.2, 0.25) is 0 Å². The van der Waals surface area contributed by atoms with E-state index in [1.165, 1.54) is 11.1 Å². The van der Waals surface area contributed by atoms with Gasteiger partial charge in [-0.1, -0.05) is 13.0 Å². The van der Waals surface area contributed by atoms with Gasteiger partial charge in [0.15, 0.2) is 0 Å². The third-order valence-corrected chi connectivity index (χ3v) is 5.44. The van der Waals surface area contributed by atoms with Gasteiger partial charge in [0.2, 0.25) is 0 Å². The fraction of sp³-hybridized carbons (Fsp3) is 0.588. The molecule has 2 nitrogen and oxygen atoms in total. The summed E-state index contributed by atoms with van der Waals surface area (Å²) >= 11 is 6.77. The van der Waals surface area contributed by atoms with Gasteiger partial charge in [-0.05, 0) is 54.4 Å². The standard InChI is InChI=1S/C17H21ClO2/c1-2-9-20-14-4-3-12-11-17(16(18)15(12)10-14)7-5-13(19)6-8-17/h3-4,10,16H,2,5-9,11H2,1H3. The van der Waals surface area contributed by atoms with Crippen molar-refractivity contribution in [2.75, 3.05) is 6.61 Å². The van der Waals surface area contributed by atoms with Gasteiger partial charge in [0.25, 0.3) is 0 Å². The van der Waals surface area contributed by atoms with Crippen LogP contribution in [0.15, 0.2) is 18.2 Å². The molecule has 0 bridgehead atoms. The van der Waals surface area contributed by atoms with Gasteiger partial charge in [0.05, 0.1) is 12.0 Å². The first-order valence-corrected chi connectivity index (χ1v) is 8.00. The number of rotatable bonds is 3. The smallest absolute Gasteiger partial charge is 0.132 e. The van der Waals surface area contributed by atoms with Crippen molar-refractivity contribution in [2.24, 2.45) is 5.41 Å². The quantitative estimate of drug-likeness (QED) is 0.770. The highest BCUT2D eigenvalue weighted by molar-refractivity contribution is 6.22. The molecule has 1 aromatic carbocycles. The van der Waals surface area contributed by atoms with Crippen molar-refractivity contribution >= 4 is 17.4 Å². The zero-order valence-corrected chi connectivity index (χ0v) is 12.7. The summed E-state index contributed by atoms with van der Waals surface area (Å²) < 4.78 is 5.71. The lowest BCUT2D eigenvalue weighted by Crippen LogP contribution is -2.29. The Bertz CT molecular complexity index is 514. The number of alkyl halides is 1. The van der Waals surface area contributed by atoms with Crippen LogP contribution in [0.5, 0.6) is 5.75 Å². The molecule has 1 spiro atoms. The maximum absolute atomic E-state index is 11.5. The lowest BCUT2D eigenvalue weighted by Gasteiger charge is -2.35. The van der Waals surface area contributed by atoms with Crippen molar-refractivity contribution in [3.63, 3.8) is 0 Å². The Hall–Kier alpha value is -1.02. The SMILES string of the molecule is CCCOc1ccc2c(c1)C(Cl)C1(CCC(=O)CC1)C2. The van der Waals surface area contributed by atoms with Crippen molar-refractivity contribution in [1.82, 2.24) is 0 Å². The van der Waals surface area contributed by atoms with Crippen LogP contribution in [0.25, 0.3) is 0 Å². The average molecular weight is 293 g/mol. The van der Waals surface area contributed by atoms with Crippen molar-refractivity contribution in [3.8, 4) is 5.75 Å². The van der Waals surface area contributed by atoms with Crippen LogP contribution in [-0.4, -0.2) is 12.4 Å². The lowest BCUT2D eigenvalue weighted by atomic mass is 9.71. The Morgan fingerprint density at radius 1 is 1.35 bits per heavy atom. The Morgan fingerprint density at radius 3 is 2.80 bits per heavy atom. The second kappa shape index (κ2) is 5.40. The largest absolute Gasteiger partial charge is 0.494 e. The highest BCUT2D eigenvalue weighted by Gasteiger charge is 2.46. The Kier molecular flexibility index (Phi) is 3.76. The summed E-state index contributed by atoms with van der Waals surface area (Å²) in [6.07, 6.45) is 5.26. The number of Topliss-reactive ketones (excluding diaryl/α,β-unsaturated/α-hetero) is 1. The molecule has 0 aliphatic heterocycles. The van der Waals surface area contributed by atoms with E-state index in [1.54, 1.807) is 0 Å². The van der Waals surface area contributed by atoms with Crippen LogP contribution in [0.4, 0.5) is 0 Å². The fourth-order valence-electron chi connectivity index (χ4n) is 3.54. The third-order valence-electron chi connectivity index (χ3n) is 4.75. The minimum atomic E-state index is 0.0239. The van der Waals surface area contributed by atoms with Gasteiger partial charge in [0, 0.05) is 12.8 Å². The molecule has 3 heteroatoms. The predicted molar refractivity (Wildman–Crippen MR) is 80.4 cm³/mol. The molecule has 20 heavy (non-hydrogen) atoms. The molecule has 0 N–H and O–H groups in total. The maximum atomic E-state index is 11.5. The van der Waals surface area contributed by atoms with E-state index >= 15 is 0 Å². The summed E-state index contributed by atoms with van der Waals surface area (Å²) in [7, 11) is 0. The number of hydrogen-bond donors (Lipinski definition) is 0. The van der Waals surface area contributed by atoms with Crippen LogP contribution >= 0.6 is 11.6 Å². The molecule has 1 saturated carbocycles. The highest BCUT2D eigenvalue weighted by Crippen LogP contribution is 2.57. The summed E-state index contributed by atoms with van der Waals surface area (Å²) in [4.78, 5) is 11.5. The highest BCUT2D eigenvalue weighted by atomic mass is 35.5. The summed E-state index contributed by atoms with van der Waals surface area (Å²) in [6, 6.07) is 6.31. The van der Waals surface area contributed by atoms with Crippen LogP contribution in [-0.2, 0) is 11.2 Å². The number of ether oxygens (including phenoxy) is 1. The molecule has 0 amide bonds. The first-order valence-electron chi connectivity index (χ1n) is 7.56. The van der Waals surface area contributed by atoms with E-state index in [1.807, 2.05) is 6.07 Å².